The molecule has 0 radical (unpaired) electrons. The Morgan fingerprint density at radius 1 is 0.522 bits per heavy atom. The number of nitrogens with zero attached hydrogens (tertiary/aromatic N) is 3. The van der Waals surface area contributed by atoms with Gasteiger partial charge in [0.1, 0.15) is 37.1 Å². The summed E-state index contributed by atoms with van der Waals surface area (Å²) in [5.41, 5.74) is 0. The van der Waals surface area contributed by atoms with Gasteiger partial charge >= 0.3 is 0 Å². The number of carbonyl (C=O) groups excluding carboxylic acids is 3. The number of carbonyl (C=O) groups is 3. The Morgan fingerprint density at radius 3 is 0.891 bits per heavy atom. The summed E-state index contributed by atoms with van der Waals surface area (Å²) in [6, 6.07) is 0. The molecule has 3 aliphatic heterocycles. The summed E-state index contributed by atoms with van der Waals surface area (Å²) >= 11 is 0. The van der Waals surface area contributed by atoms with Gasteiger partial charge in [-0.05, 0) is 38.5 Å². The van der Waals surface area contributed by atoms with Gasteiger partial charge in [0.05, 0.1) is 18.3 Å². The zero-order valence-electron chi connectivity index (χ0n) is 26.9. The Bertz CT molecular complexity index is 862. The van der Waals surface area contributed by atoms with E-state index in [-0.39, 0.29) is 90.2 Å². The second-order valence-corrected chi connectivity index (χ2v) is 10.9. The predicted octanol–water partition coefficient (Wildman–Crippen LogP) is 0.172. The molecule has 6 N–H and O–H groups in total. The van der Waals surface area contributed by atoms with Crippen LogP contribution in [0.4, 0.5) is 0 Å². The van der Waals surface area contributed by atoms with E-state index in [0.29, 0.717) is 77.8 Å². The summed E-state index contributed by atoms with van der Waals surface area (Å²) in [4.78, 5) is 39.5. The molecule has 3 saturated heterocycles. The number of likely N-dealkylation sites (tertiary alicyclic amines) is 3. The molecular weight excluding hydrogens is 650 g/mol. The minimum absolute atomic E-state index is 0. The molecule has 0 unspecified atom stereocenters. The molecule has 0 atom stereocenters. The van der Waals surface area contributed by atoms with Gasteiger partial charge in [-0.2, -0.15) is 0 Å². The number of ether oxygens (including phenoxy) is 3. The maximum Gasteiger partial charge on any atom is 0.250 e. The third-order valence-corrected chi connectivity index (χ3v) is 7.08. The van der Waals surface area contributed by atoms with Crippen LogP contribution in [0.1, 0.15) is 38.5 Å². The first-order valence-corrected chi connectivity index (χ1v) is 15.0. The number of amides is 3. The van der Waals surface area contributed by atoms with Gasteiger partial charge in [0.2, 0.25) is 17.7 Å². The minimum atomic E-state index is -0.300. The first-order chi connectivity index (χ1) is 21.4. The monoisotopic (exact) mass is 701 g/mol. The standard InChI is InChI=1S/3C10H17NO4.Fe/c3*1-15-7-9(13)6-10(14)11-4-2-8(12)3-5-11;/h3*6,8,12-13H,2-5,7H2,1H3;. The van der Waals surface area contributed by atoms with Crippen molar-refractivity contribution in [1.29, 1.82) is 0 Å². The molecule has 3 amide bonds. The number of rotatable bonds is 9. The molecule has 3 rings (SSSR count). The average Bonchev–Trinajstić information content (AvgIpc) is 2.99. The first kappa shape index (κ1) is 43.3. The molecule has 3 aliphatic rings. The van der Waals surface area contributed by atoms with E-state index in [2.05, 4.69) is 14.2 Å². The largest absolute Gasteiger partial charge is 0.510 e. The van der Waals surface area contributed by atoms with Gasteiger partial charge in [-0.3, -0.25) is 14.4 Å². The van der Waals surface area contributed by atoms with Crippen molar-refractivity contribution in [3.05, 3.63) is 35.5 Å². The van der Waals surface area contributed by atoms with Crippen molar-refractivity contribution in [3.8, 4) is 0 Å². The molecule has 0 saturated carbocycles. The van der Waals surface area contributed by atoms with Crippen LogP contribution in [-0.2, 0) is 45.7 Å². The molecular formula is C30H51FeN3O12. The zero-order chi connectivity index (χ0) is 33.8. The summed E-state index contributed by atoms with van der Waals surface area (Å²) in [6.07, 6.45) is 6.21. The zero-order valence-corrected chi connectivity index (χ0v) is 28.0. The summed E-state index contributed by atoms with van der Waals surface area (Å²) in [6.45, 7) is 3.36. The van der Waals surface area contributed by atoms with Gasteiger partial charge in [0.15, 0.2) is 0 Å². The summed E-state index contributed by atoms with van der Waals surface area (Å²) in [5.74, 6) is -0.903. The van der Waals surface area contributed by atoms with Gasteiger partial charge in [-0.15, -0.1) is 0 Å². The topological polar surface area (TPSA) is 210 Å². The van der Waals surface area contributed by atoms with E-state index in [1.54, 1.807) is 14.7 Å². The molecule has 0 aliphatic carbocycles. The molecule has 16 heteroatoms. The fourth-order valence-corrected chi connectivity index (χ4v) is 4.53. The Kier molecular flexibility index (Phi) is 23.0. The number of methoxy groups -OCH3 is 3. The van der Waals surface area contributed by atoms with Crippen molar-refractivity contribution in [2.75, 3.05) is 80.4 Å². The van der Waals surface area contributed by atoms with Crippen molar-refractivity contribution in [1.82, 2.24) is 14.7 Å². The molecule has 3 fully saturated rings. The quantitative estimate of drug-likeness (QED) is 0.108. The van der Waals surface area contributed by atoms with Gasteiger partial charge in [-0.1, -0.05) is 0 Å². The summed E-state index contributed by atoms with van der Waals surface area (Å²) in [5, 5.41) is 55.5. The molecule has 0 aromatic heterocycles. The molecule has 266 valence electrons. The van der Waals surface area contributed by atoms with Gasteiger partial charge in [0, 0.05) is 95.9 Å². The minimum Gasteiger partial charge on any atom is -0.510 e. The van der Waals surface area contributed by atoms with Crippen molar-refractivity contribution in [2.24, 2.45) is 0 Å². The predicted molar refractivity (Wildman–Crippen MR) is 163 cm³/mol. The number of aliphatic hydroxyl groups excluding tert-OH is 6. The fraction of sp³-hybridized carbons (Fsp3) is 0.700. The second kappa shape index (κ2) is 24.5. The molecule has 0 aromatic rings. The van der Waals surface area contributed by atoms with E-state index in [1.807, 2.05) is 0 Å². The van der Waals surface area contributed by atoms with E-state index in [4.69, 9.17) is 0 Å². The summed E-state index contributed by atoms with van der Waals surface area (Å²) in [7, 11) is 4.35. The third-order valence-electron chi connectivity index (χ3n) is 7.08. The molecule has 0 spiro atoms. The van der Waals surface area contributed by atoms with Crippen LogP contribution in [0.2, 0.25) is 0 Å². The normalized spacial score (nSPS) is 18.9. The fourth-order valence-electron chi connectivity index (χ4n) is 4.53. The SMILES string of the molecule is COCC(O)=CC(=O)N1CCC(O)CC1.COCC(O)=CC(=O)N1CCC(O)CC1.COCC(O)=CC(=O)N1CCC(O)CC1.[Fe]. The van der Waals surface area contributed by atoms with Crippen LogP contribution in [0.5, 0.6) is 0 Å². The van der Waals surface area contributed by atoms with Crippen LogP contribution < -0.4 is 0 Å². The van der Waals surface area contributed by atoms with Crippen molar-refractivity contribution in [2.45, 2.75) is 56.8 Å². The Hall–Kier alpha value is -2.69. The van der Waals surface area contributed by atoms with Crippen molar-refractivity contribution >= 4 is 17.7 Å². The maximum atomic E-state index is 11.5. The van der Waals surface area contributed by atoms with Crippen LogP contribution in [-0.4, -0.2) is 162 Å². The molecule has 0 bridgehead atoms. The first-order valence-electron chi connectivity index (χ1n) is 15.0. The van der Waals surface area contributed by atoms with Gasteiger partial charge < -0.3 is 59.5 Å². The third kappa shape index (κ3) is 18.5. The number of piperidine rings is 3. The van der Waals surface area contributed by atoms with E-state index in [1.165, 1.54) is 39.6 Å². The van der Waals surface area contributed by atoms with Crippen LogP contribution in [0, 0.1) is 0 Å². The summed E-state index contributed by atoms with van der Waals surface area (Å²) < 4.78 is 14.0. The van der Waals surface area contributed by atoms with Crippen LogP contribution >= 0.6 is 0 Å². The smallest absolute Gasteiger partial charge is 0.250 e. The number of hydrogen-bond acceptors (Lipinski definition) is 12. The maximum absolute atomic E-state index is 11.5. The second-order valence-electron chi connectivity index (χ2n) is 10.9. The molecule has 3 heterocycles. The number of hydrogen-bond donors (Lipinski definition) is 6. The van der Waals surface area contributed by atoms with E-state index >= 15 is 0 Å². The van der Waals surface area contributed by atoms with Gasteiger partial charge in [-0.25, -0.2) is 0 Å². The van der Waals surface area contributed by atoms with Crippen LogP contribution in [0.15, 0.2) is 35.5 Å². The Balaban J connectivity index is 0.000000653. The van der Waals surface area contributed by atoms with Crippen molar-refractivity contribution < 1.29 is 76.3 Å². The Morgan fingerprint density at radius 2 is 0.717 bits per heavy atom. The van der Waals surface area contributed by atoms with Gasteiger partial charge in [0.25, 0.3) is 0 Å². The average molecular weight is 702 g/mol. The van der Waals surface area contributed by atoms with Crippen molar-refractivity contribution in [3.63, 3.8) is 0 Å². The number of aliphatic hydroxyl groups is 6. The van der Waals surface area contributed by atoms with Crippen LogP contribution in [0.3, 0.4) is 0 Å². The Labute approximate surface area is 281 Å². The molecule has 0 aromatic carbocycles. The van der Waals surface area contributed by atoms with Crippen LogP contribution in [0.25, 0.3) is 0 Å². The molecule has 15 nitrogen and oxygen atoms in total. The van der Waals surface area contributed by atoms with E-state index in [0.717, 1.165) is 0 Å². The molecule has 46 heavy (non-hydrogen) atoms. The van der Waals surface area contributed by atoms with E-state index in [9.17, 15) is 45.0 Å². The van der Waals surface area contributed by atoms with E-state index < -0.39 is 0 Å².